The van der Waals surface area contributed by atoms with E-state index in [9.17, 15) is 13.2 Å². The van der Waals surface area contributed by atoms with Gasteiger partial charge in [-0.25, -0.2) is 8.42 Å². The normalized spacial score (nSPS) is 22.5. The van der Waals surface area contributed by atoms with Crippen LogP contribution in [0.5, 0.6) is 0 Å². The largest absolute Gasteiger partial charge is 0.480 e. The molecule has 1 aliphatic rings. The molecule has 0 amide bonds. The van der Waals surface area contributed by atoms with Crippen LogP contribution in [0.1, 0.15) is 19.3 Å². The average Bonchev–Trinajstić information content (AvgIpc) is 2.83. The van der Waals surface area contributed by atoms with Gasteiger partial charge >= 0.3 is 5.97 Å². The van der Waals surface area contributed by atoms with Crippen molar-refractivity contribution in [3.05, 3.63) is 18.5 Å². The van der Waals surface area contributed by atoms with Gasteiger partial charge in [0.2, 0.25) is 10.0 Å². The van der Waals surface area contributed by atoms with Crippen molar-refractivity contribution >= 4 is 16.0 Å². The van der Waals surface area contributed by atoms with Crippen LogP contribution in [-0.2, 0) is 14.8 Å². The number of hydrogen-bond acceptors (Lipinski definition) is 3. The van der Waals surface area contributed by atoms with E-state index in [1.807, 2.05) is 0 Å². The predicted octanol–water partition coefficient (Wildman–Crippen LogP) is 0.642. The molecule has 0 unspecified atom stereocenters. The Morgan fingerprint density at radius 3 is 2.82 bits per heavy atom. The Balaban J connectivity index is 2.34. The van der Waals surface area contributed by atoms with Crippen molar-refractivity contribution in [3.63, 3.8) is 0 Å². The summed E-state index contributed by atoms with van der Waals surface area (Å²) >= 11 is 0. The van der Waals surface area contributed by atoms with Gasteiger partial charge in [0.25, 0.3) is 0 Å². The topological polar surface area (TPSA) is 90.5 Å². The summed E-state index contributed by atoms with van der Waals surface area (Å²) in [5, 5.41) is 9.06. The summed E-state index contributed by atoms with van der Waals surface area (Å²) in [6.45, 7) is 0.268. The third-order valence-electron chi connectivity index (χ3n) is 2.91. The minimum Gasteiger partial charge on any atom is -0.480 e. The molecule has 0 saturated carbocycles. The molecular weight excluding hydrogens is 244 g/mol. The van der Waals surface area contributed by atoms with Gasteiger partial charge in [0.1, 0.15) is 6.04 Å². The molecule has 2 heterocycles. The van der Waals surface area contributed by atoms with Gasteiger partial charge < -0.3 is 10.1 Å². The highest BCUT2D eigenvalue weighted by molar-refractivity contribution is 7.89. The molecule has 17 heavy (non-hydrogen) atoms. The quantitative estimate of drug-likeness (QED) is 0.832. The SMILES string of the molecule is O=C(O)[C@@H]1CCCCN1S(=O)(=O)c1cc[nH]c1. The number of hydrogen-bond donors (Lipinski definition) is 2. The highest BCUT2D eigenvalue weighted by Gasteiger charge is 2.37. The zero-order valence-corrected chi connectivity index (χ0v) is 9.98. The fourth-order valence-corrected chi connectivity index (χ4v) is 3.67. The Kier molecular flexibility index (Phi) is 3.21. The Morgan fingerprint density at radius 2 is 2.24 bits per heavy atom. The van der Waals surface area contributed by atoms with E-state index in [0.717, 1.165) is 10.7 Å². The number of piperidine rings is 1. The van der Waals surface area contributed by atoms with E-state index >= 15 is 0 Å². The van der Waals surface area contributed by atoms with E-state index in [1.165, 1.54) is 18.5 Å². The lowest BCUT2D eigenvalue weighted by molar-refractivity contribution is -0.142. The van der Waals surface area contributed by atoms with E-state index in [1.54, 1.807) is 0 Å². The van der Waals surface area contributed by atoms with Gasteiger partial charge in [-0.2, -0.15) is 4.31 Å². The van der Waals surface area contributed by atoms with E-state index in [2.05, 4.69) is 4.98 Å². The number of carboxylic acids is 1. The van der Waals surface area contributed by atoms with Gasteiger partial charge in [-0.3, -0.25) is 4.79 Å². The van der Waals surface area contributed by atoms with Crippen LogP contribution in [-0.4, -0.2) is 41.4 Å². The average molecular weight is 258 g/mol. The molecule has 7 heteroatoms. The first-order valence-corrected chi connectivity index (χ1v) is 6.85. The number of sulfonamides is 1. The van der Waals surface area contributed by atoms with Crippen molar-refractivity contribution in [1.29, 1.82) is 0 Å². The van der Waals surface area contributed by atoms with Crippen LogP contribution in [0.4, 0.5) is 0 Å². The van der Waals surface area contributed by atoms with Gasteiger partial charge in [-0.15, -0.1) is 0 Å². The molecule has 0 spiro atoms. The molecule has 94 valence electrons. The van der Waals surface area contributed by atoms with Crippen molar-refractivity contribution in [3.8, 4) is 0 Å². The van der Waals surface area contributed by atoms with Crippen LogP contribution >= 0.6 is 0 Å². The number of nitrogens with one attached hydrogen (secondary N) is 1. The second-order valence-electron chi connectivity index (χ2n) is 4.01. The number of nitrogens with zero attached hydrogens (tertiary/aromatic N) is 1. The number of rotatable bonds is 3. The molecule has 0 bridgehead atoms. The molecule has 1 saturated heterocycles. The van der Waals surface area contributed by atoms with E-state index in [-0.39, 0.29) is 11.4 Å². The number of carboxylic acid groups (broad SMARTS) is 1. The van der Waals surface area contributed by atoms with E-state index in [0.29, 0.717) is 12.8 Å². The molecule has 2 N–H and O–H groups in total. The number of H-pyrrole nitrogens is 1. The molecule has 1 aromatic heterocycles. The Hall–Kier alpha value is -1.34. The first kappa shape index (κ1) is 12.1. The summed E-state index contributed by atoms with van der Waals surface area (Å²) in [5.41, 5.74) is 0. The lowest BCUT2D eigenvalue weighted by Crippen LogP contribution is -2.47. The number of aromatic nitrogens is 1. The summed E-state index contributed by atoms with van der Waals surface area (Å²) in [5.74, 6) is -1.08. The van der Waals surface area contributed by atoms with Crippen LogP contribution in [0, 0.1) is 0 Å². The minimum atomic E-state index is -3.69. The fraction of sp³-hybridized carbons (Fsp3) is 0.500. The van der Waals surface area contributed by atoms with Crippen LogP contribution in [0.2, 0.25) is 0 Å². The van der Waals surface area contributed by atoms with Crippen LogP contribution in [0.3, 0.4) is 0 Å². The molecule has 1 fully saturated rings. The first-order chi connectivity index (χ1) is 8.03. The number of carbonyl (C=O) groups is 1. The summed E-state index contributed by atoms with van der Waals surface area (Å²) in [6.07, 6.45) is 4.69. The van der Waals surface area contributed by atoms with Crippen molar-refractivity contribution in [2.75, 3.05) is 6.54 Å². The smallest absolute Gasteiger partial charge is 0.322 e. The second-order valence-corrected chi connectivity index (χ2v) is 5.90. The first-order valence-electron chi connectivity index (χ1n) is 5.41. The zero-order valence-electron chi connectivity index (χ0n) is 9.17. The second kappa shape index (κ2) is 4.50. The highest BCUT2D eigenvalue weighted by atomic mass is 32.2. The molecule has 2 rings (SSSR count). The molecule has 1 atom stereocenters. The standard InChI is InChI=1S/C10H14N2O4S/c13-10(14)9-3-1-2-6-12(9)17(15,16)8-4-5-11-7-8/h4-5,7,9,11H,1-3,6H2,(H,13,14)/t9-/m0/s1. The summed E-state index contributed by atoms with van der Waals surface area (Å²) in [4.78, 5) is 13.8. The number of aliphatic carboxylic acids is 1. The van der Waals surface area contributed by atoms with Gasteiger partial charge in [0.15, 0.2) is 0 Å². The van der Waals surface area contributed by atoms with Crippen molar-refractivity contribution in [2.24, 2.45) is 0 Å². The van der Waals surface area contributed by atoms with Crippen molar-refractivity contribution in [1.82, 2.24) is 9.29 Å². The third kappa shape index (κ3) is 2.20. The van der Waals surface area contributed by atoms with E-state index < -0.39 is 22.0 Å². The molecule has 6 nitrogen and oxygen atoms in total. The van der Waals surface area contributed by atoms with Gasteiger partial charge in [0, 0.05) is 18.9 Å². The molecule has 0 aliphatic carbocycles. The highest BCUT2D eigenvalue weighted by Crippen LogP contribution is 2.25. The maximum absolute atomic E-state index is 12.2. The Morgan fingerprint density at radius 1 is 1.47 bits per heavy atom. The van der Waals surface area contributed by atoms with Crippen molar-refractivity contribution in [2.45, 2.75) is 30.2 Å². The van der Waals surface area contributed by atoms with Crippen molar-refractivity contribution < 1.29 is 18.3 Å². The maximum atomic E-state index is 12.2. The zero-order chi connectivity index (χ0) is 12.5. The van der Waals surface area contributed by atoms with E-state index in [4.69, 9.17) is 5.11 Å². The maximum Gasteiger partial charge on any atom is 0.322 e. The fourth-order valence-electron chi connectivity index (χ4n) is 2.04. The van der Waals surface area contributed by atoms with Crippen LogP contribution < -0.4 is 0 Å². The van der Waals surface area contributed by atoms with Gasteiger partial charge in [0.05, 0.1) is 4.90 Å². The predicted molar refractivity (Wildman–Crippen MR) is 60.0 cm³/mol. The summed E-state index contributed by atoms with van der Waals surface area (Å²) in [7, 11) is -3.69. The number of aromatic amines is 1. The molecule has 1 aromatic rings. The molecular formula is C10H14N2O4S. The monoisotopic (exact) mass is 258 g/mol. The van der Waals surface area contributed by atoms with Crippen LogP contribution in [0.15, 0.2) is 23.4 Å². The molecule has 0 aromatic carbocycles. The lowest BCUT2D eigenvalue weighted by Gasteiger charge is -2.31. The third-order valence-corrected chi connectivity index (χ3v) is 4.82. The minimum absolute atomic E-state index is 0.116. The Labute approximate surface area is 99.3 Å². The van der Waals surface area contributed by atoms with Gasteiger partial charge in [-0.1, -0.05) is 0 Å². The summed E-state index contributed by atoms with van der Waals surface area (Å²) < 4.78 is 25.5. The molecule has 1 aliphatic heterocycles. The van der Waals surface area contributed by atoms with Gasteiger partial charge in [-0.05, 0) is 25.3 Å². The lowest BCUT2D eigenvalue weighted by atomic mass is 10.1. The Bertz CT molecular complexity index is 494. The molecule has 0 radical (unpaired) electrons. The van der Waals surface area contributed by atoms with Crippen LogP contribution in [0.25, 0.3) is 0 Å². The summed E-state index contributed by atoms with van der Waals surface area (Å²) in [6, 6.07) is 0.492.